The highest BCUT2D eigenvalue weighted by Crippen LogP contribution is 2.26. The van der Waals surface area contributed by atoms with Crippen LogP contribution in [0.3, 0.4) is 0 Å². The van der Waals surface area contributed by atoms with Crippen molar-refractivity contribution < 1.29 is 19.1 Å². The van der Waals surface area contributed by atoms with Gasteiger partial charge >= 0.3 is 5.97 Å². The largest absolute Gasteiger partial charge is 0.480 e. The van der Waals surface area contributed by atoms with Crippen molar-refractivity contribution in [2.75, 3.05) is 0 Å². The van der Waals surface area contributed by atoms with E-state index in [1.165, 1.54) is 0 Å². The predicted octanol–water partition coefficient (Wildman–Crippen LogP) is 2.82. The molecule has 0 saturated carbocycles. The van der Waals surface area contributed by atoms with Crippen LogP contribution in [-0.4, -0.2) is 23.0 Å². The normalized spacial score (nSPS) is 12.6. The van der Waals surface area contributed by atoms with Gasteiger partial charge in [0.1, 0.15) is 11.6 Å². The first-order chi connectivity index (χ1) is 10.3. The number of carboxylic acids is 1. The summed E-state index contributed by atoms with van der Waals surface area (Å²) in [5.74, 6) is -1.51. The number of furan rings is 1. The molecule has 0 aliphatic heterocycles. The van der Waals surface area contributed by atoms with Gasteiger partial charge in [0, 0.05) is 10.9 Å². The molecule has 0 spiro atoms. The average Bonchev–Trinajstić information content (AvgIpc) is 2.83. The number of carbonyl (C=O) groups is 2. The molecule has 2 N–H and O–H groups in total. The van der Waals surface area contributed by atoms with Gasteiger partial charge in [0.05, 0.1) is 12.7 Å². The minimum absolute atomic E-state index is 0.103. The number of fused-ring (bicyclic) bond motifs is 1. The number of rotatable bonds is 5. The van der Waals surface area contributed by atoms with Gasteiger partial charge in [-0.3, -0.25) is 4.79 Å². The van der Waals surface area contributed by atoms with Gasteiger partial charge in [-0.05, 0) is 30.9 Å². The number of benzene rings is 1. The van der Waals surface area contributed by atoms with Crippen LogP contribution in [0.25, 0.3) is 11.0 Å². The lowest BCUT2D eigenvalue weighted by molar-refractivity contribution is -0.143. The molecule has 1 heterocycles. The second-order valence-electron chi connectivity index (χ2n) is 5.95. The smallest absolute Gasteiger partial charge is 0.326 e. The molecule has 1 amide bonds. The molecule has 1 atom stereocenters. The summed E-state index contributed by atoms with van der Waals surface area (Å²) in [6.45, 7) is 7.50. The van der Waals surface area contributed by atoms with Gasteiger partial charge in [0.15, 0.2) is 0 Å². The minimum atomic E-state index is -1.02. The van der Waals surface area contributed by atoms with Crippen LogP contribution in [0, 0.1) is 19.8 Å². The fraction of sp³-hybridized carbons (Fsp3) is 0.412. The SMILES string of the molecule is Cc1ccc2c(CC(=O)NC(C(=O)O)C(C)C)coc2c1C. The summed E-state index contributed by atoms with van der Waals surface area (Å²) in [6, 6.07) is 3.04. The summed E-state index contributed by atoms with van der Waals surface area (Å²) in [5.41, 5.74) is 3.73. The van der Waals surface area contributed by atoms with Gasteiger partial charge in [-0.15, -0.1) is 0 Å². The number of nitrogens with one attached hydrogen (secondary N) is 1. The Balaban J connectivity index is 2.19. The Labute approximate surface area is 129 Å². The molecule has 1 aromatic heterocycles. The van der Waals surface area contributed by atoms with Crippen LogP contribution in [0.15, 0.2) is 22.8 Å². The van der Waals surface area contributed by atoms with Crippen molar-refractivity contribution in [3.63, 3.8) is 0 Å². The van der Waals surface area contributed by atoms with Gasteiger partial charge in [0.25, 0.3) is 0 Å². The molecule has 0 saturated heterocycles. The van der Waals surface area contributed by atoms with Crippen LogP contribution in [0.4, 0.5) is 0 Å². The zero-order chi connectivity index (χ0) is 16.4. The fourth-order valence-electron chi connectivity index (χ4n) is 2.44. The van der Waals surface area contributed by atoms with Crippen LogP contribution in [-0.2, 0) is 16.0 Å². The number of amides is 1. The van der Waals surface area contributed by atoms with Gasteiger partial charge in [-0.2, -0.15) is 0 Å². The molecule has 2 aromatic rings. The number of aryl methyl sites for hydroxylation is 2. The van der Waals surface area contributed by atoms with E-state index in [2.05, 4.69) is 5.32 Å². The molecule has 2 rings (SSSR count). The minimum Gasteiger partial charge on any atom is -0.480 e. The molecule has 118 valence electrons. The van der Waals surface area contributed by atoms with Gasteiger partial charge < -0.3 is 14.8 Å². The van der Waals surface area contributed by atoms with Crippen LogP contribution < -0.4 is 5.32 Å². The van der Waals surface area contributed by atoms with E-state index >= 15 is 0 Å². The van der Waals surface area contributed by atoms with Crippen molar-refractivity contribution in [2.24, 2.45) is 5.92 Å². The molecular formula is C17H21NO4. The maximum Gasteiger partial charge on any atom is 0.326 e. The molecule has 5 heteroatoms. The predicted molar refractivity (Wildman–Crippen MR) is 83.8 cm³/mol. The van der Waals surface area contributed by atoms with Crippen molar-refractivity contribution in [3.05, 3.63) is 35.1 Å². The molecule has 0 bridgehead atoms. The topological polar surface area (TPSA) is 79.5 Å². The monoisotopic (exact) mass is 303 g/mol. The maximum absolute atomic E-state index is 12.1. The molecular weight excluding hydrogens is 282 g/mol. The zero-order valence-electron chi connectivity index (χ0n) is 13.3. The Bertz CT molecular complexity index is 715. The first-order valence-electron chi connectivity index (χ1n) is 7.29. The van der Waals surface area contributed by atoms with E-state index in [4.69, 9.17) is 9.52 Å². The van der Waals surface area contributed by atoms with Crippen LogP contribution in [0.1, 0.15) is 30.5 Å². The molecule has 0 aliphatic rings. The van der Waals surface area contributed by atoms with Crippen molar-refractivity contribution in [1.82, 2.24) is 5.32 Å². The Morgan fingerprint density at radius 1 is 1.27 bits per heavy atom. The Kier molecular flexibility index (Phi) is 4.54. The summed E-state index contributed by atoms with van der Waals surface area (Å²) in [5, 5.41) is 12.6. The quantitative estimate of drug-likeness (QED) is 0.890. The number of hydrogen-bond donors (Lipinski definition) is 2. The third-order valence-electron chi connectivity index (χ3n) is 3.94. The summed E-state index contributed by atoms with van der Waals surface area (Å²) in [6.07, 6.45) is 1.67. The lowest BCUT2D eigenvalue weighted by atomic mass is 10.0. The summed E-state index contributed by atoms with van der Waals surface area (Å²) in [4.78, 5) is 23.2. The Morgan fingerprint density at radius 2 is 1.95 bits per heavy atom. The van der Waals surface area contributed by atoms with E-state index < -0.39 is 12.0 Å². The van der Waals surface area contributed by atoms with E-state index in [1.807, 2.05) is 26.0 Å². The fourth-order valence-corrected chi connectivity index (χ4v) is 2.44. The van der Waals surface area contributed by atoms with E-state index in [-0.39, 0.29) is 18.2 Å². The Hall–Kier alpha value is -2.30. The average molecular weight is 303 g/mol. The van der Waals surface area contributed by atoms with E-state index in [9.17, 15) is 9.59 Å². The highest BCUT2D eigenvalue weighted by Gasteiger charge is 2.24. The first kappa shape index (κ1) is 16.1. The molecule has 5 nitrogen and oxygen atoms in total. The van der Waals surface area contributed by atoms with E-state index in [0.717, 1.165) is 27.7 Å². The summed E-state index contributed by atoms with van der Waals surface area (Å²) in [7, 11) is 0. The Morgan fingerprint density at radius 3 is 2.55 bits per heavy atom. The van der Waals surface area contributed by atoms with Gasteiger partial charge in [0.2, 0.25) is 5.91 Å². The molecule has 0 fully saturated rings. The van der Waals surface area contributed by atoms with Crippen LogP contribution in [0.2, 0.25) is 0 Å². The van der Waals surface area contributed by atoms with Crippen molar-refractivity contribution in [1.29, 1.82) is 0 Å². The lowest BCUT2D eigenvalue weighted by Gasteiger charge is -2.17. The van der Waals surface area contributed by atoms with Gasteiger partial charge in [-0.1, -0.05) is 26.0 Å². The second-order valence-corrected chi connectivity index (χ2v) is 5.95. The third kappa shape index (κ3) is 3.13. The van der Waals surface area contributed by atoms with E-state index in [0.29, 0.717) is 0 Å². The van der Waals surface area contributed by atoms with Crippen molar-refractivity contribution in [3.8, 4) is 0 Å². The standard InChI is InChI=1S/C17H21NO4/c1-9(2)15(17(20)21)18-14(19)7-12-8-22-16-11(4)10(3)5-6-13(12)16/h5-6,8-9,15H,7H2,1-4H3,(H,18,19)(H,20,21). The highest BCUT2D eigenvalue weighted by atomic mass is 16.4. The molecule has 0 aliphatic carbocycles. The molecule has 22 heavy (non-hydrogen) atoms. The number of hydrogen-bond acceptors (Lipinski definition) is 3. The molecule has 0 radical (unpaired) electrons. The summed E-state index contributed by atoms with van der Waals surface area (Å²) < 4.78 is 5.57. The van der Waals surface area contributed by atoms with Crippen molar-refractivity contribution >= 4 is 22.8 Å². The van der Waals surface area contributed by atoms with Crippen molar-refractivity contribution in [2.45, 2.75) is 40.2 Å². The van der Waals surface area contributed by atoms with Crippen LogP contribution >= 0.6 is 0 Å². The first-order valence-corrected chi connectivity index (χ1v) is 7.29. The summed E-state index contributed by atoms with van der Waals surface area (Å²) >= 11 is 0. The van der Waals surface area contributed by atoms with Gasteiger partial charge in [-0.25, -0.2) is 4.79 Å². The zero-order valence-corrected chi connectivity index (χ0v) is 13.3. The molecule has 1 unspecified atom stereocenters. The van der Waals surface area contributed by atoms with Crippen LogP contribution in [0.5, 0.6) is 0 Å². The highest BCUT2D eigenvalue weighted by molar-refractivity contribution is 5.91. The number of aliphatic carboxylic acids is 1. The van der Waals surface area contributed by atoms with E-state index in [1.54, 1.807) is 20.1 Å². The molecule has 1 aromatic carbocycles. The maximum atomic E-state index is 12.1. The lowest BCUT2D eigenvalue weighted by Crippen LogP contribution is -2.44. The third-order valence-corrected chi connectivity index (χ3v) is 3.94. The second kappa shape index (κ2) is 6.22. The number of carboxylic acid groups (broad SMARTS) is 1. The number of carbonyl (C=O) groups excluding carboxylic acids is 1.